The summed E-state index contributed by atoms with van der Waals surface area (Å²) in [5.41, 5.74) is 0.997. The Labute approximate surface area is 105 Å². The molecule has 0 N–H and O–H groups in total. The second-order valence-corrected chi connectivity index (χ2v) is 3.97. The highest BCUT2D eigenvalue weighted by Gasteiger charge is 2.30. The van der Waals surface area contributed by atoms with Gasteiger partial charge < -0.3 is 4.74 Å². The smallest absolute Gasteiger partial charge is 0.406 e. The van der Waals surface area contributed by atoms with E-state index in [1.54, 1.807) is 12.1 Å². The first-order valence-corrected chi connectivity index (χ1v) is 5.98. The van der Waals surface area contributed by atoms with Gasteiger partial charge >= 0.3 is 6.36 Å². The van der Waals surface area contributed by atoms with Gasteiger partial charge in [-0.15, -0.1) is 13.2 Å². The number of allylic oxidation sites excluding steroid dienone is 2. The van der Waals surface area contributed by atoms with E-state index in [1.807, 2.05) is 13.8 Å². The summed E-state index contributed by atoms with van der Waals surface area (Å²) in [4.78, 5) is 0. The van der Waals surface area contributed by atoms with Crippen LogP contribution >= 0.6 is 0 Å². The highest BCUT2D eigenvalue weighted by Crippen LogP contribution is 2.26. The second-order valence-electron chi connectivity index (χ2n) is 3.97. The predicted molar refractivity (Wildman–Crippen MR) is 65.6 cm³/mol. The van der Waals surface area contributed by atoms with Crippen LogP contribution in [-0.4, -0.2) is 6.36 Å². The van der Waals surface area contributed by atoms with Gasteiger partial charge in [-0.25, -0.2) is 0 Å². The standard InChI is InChI=1S/C14H17F3O/c1-3-5-6-11(4-2)12-7-9-13(10-8-12)18-14(15,16)17/h5-11H,3-4H2,1-2H3. The third-order valence-corrected chi connectivity index (χ3v) is 2.59. The molecule has 1 aromatic rings. The molecule has 0 aromatic heterocycles. The Kier molecular flexibility index (Phi) is 5.25. The van der Waals surface area contributed by atoms with E-state index in [2.05, 4.69) is 16.9 Å². The average Bonchev–Trinajstić information content (AvgIpc) is 2.30. The van der Waals surface area contributed by atoms with Crippen molar-refractivity contribution in [2.75, 3.05) is 0 Å². The van der Waals surface area contributed by atoms with Crippen molar-refractivity contribution in [2.24, 2.45) is 0 Å². The molecule has 0 bridgehead atoms. The molecule has 1 atom stereocenters. The zero-order valence-electron chi connectivity index (χ0n) is 10.5. The topological polar surface area (TPSA) is 9.23 Å². The van der Waals surface area contributed by atoms with E-state index in [-0.39, 0.29) is 11.7 Å². The van der Waals surface area contributed by atoms with Crippen LogP contribution in [-0.2, 0) is 0 Å². The first-order chi connectivity index (χ1) is 8.46. The Hall–Kier alpha value is -1.45. The quantitative estimate of drug-likeness (QED) is 0.672. The van der Waals surface area contributed by atoms with Gasteiger partial charge in [0.15, 0.2) is 0 Å². The third kappa shape index (κ3) is 4.82. The fourth-order valence-corrected chi connectivity index (χ4v) is 1.70. The molecule has 1 nitrogen and oxygen atoms in total. The van der Waals surface area contributed by atoms with Gasteiger partial charge in [0.05, 0.1) is 0 Å². The van der Waals surface area contributed by atoms with Gasteiger partial charge in [0.1, 0.15) is 5.75 Å². The Morgan fingerprint density at radius 3 is 2.22 bits per heavy atom. The molecule has 4 heteroatoms. The monoisotopic (exact) mass is 258 g/mol. The van der Waals surface area contributed by atoms with Gasteiger partial charge in [0.25, 0.3) is 0 Å². The lowest BCUT2D eigenvalue weighted by molar-refractivity contribution is -0.274. The van der Waals surface area contributed by atoms with E-state index in [0.29, 0.717) is 0 Å². The largest absolute Gasteiger partial charge is 0.573 e. The molecule has 100 valence electrons. The van der Waals surface area contributed by atoms with Crippen molar-refractivity contribution in [3.05, 3.63) is 42.0 Å². The zero-order valence-corrected chi connectivity index (χ0v) is 10.5. The summed E-state index contributed by atoms with van der Waals surface area (Å²) in [6, 6.07) is 6.06. The molecular weight excluding hydrogens is 241 g/mol. The summed E-state index contributed by atoms with van der Waals surface area (Å²) in [7, 11) is 0. The molecule has 0 saturated heterocycles. The fraction of sp³-hybridized carbons (Fsp3) is 0.429. The average molecular weight is 258 g/mol. The van der Waals surface area contributed by atoms with E-state index >= 15 is 0 Å². The molecule has 0 aliphatic heterocycles. The van der Waals surface area contributed by atoms with Crippen LogP contribution in [0.15, 0.2) is 36.4 Å². The second kappa shape index (κ2) is 6.47. The van der Waals surface area contributed by atoms with E-state index in [4.69, 9.17) is 0 Å². The van der Waals surface area contributed by atoms with E-state index in [1.165, 1.54) is 12.1 Å². The van der Waals surface area contributed by atoms with E-state index in [0.717, 1.165) is 18.4 Å². The van der Waals surface area contributed by atoms with Gasteiger partial charge in [-0.3, -0.25) is 0 Å². The van der Waals surface area contributed by atoms with Crippen LogP contribution in [0.4, 0.5) is 13.2 Å². The van der Waals surface area contributed by atoms with Crippen LogP contribution in [0.3, 0.4) is 0 Å². The number of halogens is 3. The lowest BCUT2D eigenvalue weighted by atomic mass is 9.96. The molecule has 0 aliphatic carbocycles. The Morgan fingerprint density at radius 1 is 1.17 bits per heavy atom. The molecule has 0 saturated carbocycles. The molecular formula is C14H17F3O. The first kappa shape index (κ1) is 14.6. The molecule has 1 unspecified atom stereocenters. The van der Waals surface area contributed by atoms with Crippen molar-refractivity contribution < 1.29 is 17.9 Å². The highest BCUT2D eigenvalue weighted by molar-refractivity contribution is 5.31. The third-order valence-electron chi connectivity index (χ3n) is 2.59. The summed E-state index contributed by atoms with van der Waals surface area (Å²) >= 11 is 0. The molecule has 18 heavy (non-hydrogen) atoms. The number of rotatable bonds is 5. The van der Waals surface area contributed by atoms with Crippen molar-refractivity contribution in [3.8, 4) is 5.75 Å². The molecule has 1 rings (SSSR count). The summed E-state index contributed by atoms with van der Waals surface area (Å²) < 4.78 is 39.8. The van der Waals surface area contributed by atoms with Crippen LogP contribution in [0.2, 0.25) is 0 Å². The summed E-state index contributed by atoms with van der Waals surface area (Å²) in [5, 5.41) is 0. The number of benzene rings is 1. The lowest BCUT2D eigenvalue weighted by Gasteiger charge is -2.13. The van der Waals surface area contributed by atoms with Crippen LogP contribution < -0.4 is 4.74 Å². The first-order valence-electron chi connectivity index (χ1n) is 5.98. The van der Waals surface area contributed by atoms with Gasteiger partial charge in [-0.05, 0) is 30.5 Å². The van der Waals surface area contributed by atoms with E-state index < -0.39 is 6.36 Å². The number of alkyl halides is 3. The van der Waals surface area contributed by atoms with Crippen LogP contribution in [0.1, 0.15) is 38.2 Å². The summed E-state index contributed by atoms with van der Waals surface area (Å²) in [6.07, 6.45) is 1.38. The van der Waals surface area contributed by atoms with E-state index in [9.17, 15) is 13.2 Å². The zero-order chi connectivity index (χ0) is 13.6. The van der Waals surface area contributed by atoms with Crippen LogP contribution in [0.25, 0.3) is 0 Å². The number of hydrogen-bond acceptors (Lipinski definition) is 1. The van der Waals surface area contributed by atoms with Crippen LogP contribution in [0, 0.1) is 0 Å². The Balaban J connectivity index is 2.77. The summed E-state index contributed by atoms with van der Waals surface area (Å²) in [6.45, 7) is 4.09. The predicted octanol–water partition coefficient (Wildman–Crippen LogP) is 5.05. The SMILES string of the molecule is CCC=CC(CC)c1ccc(OC(F)(F)F)cc1. The molecule has 0 amide bonds. The maximum absolute atomic E-state index is 12.0. The minimum atomic E-state index is -4.63. The maximum Gasteiger partial charge on any atom is 0.573 e. The normalized spacial score (nSPS) is 13.8. The number of hydrogen-bond donors (Lipinski definition) is 0. The van der Waals surface area contributed by atoms with Gasteiger partial charge in [-0.2, -0.15) is 0 Å². The van der Waals surface area contributed by atoms with Gasteiger partial charge in [0, 0.05) is 5.92 Å². The maximum atomic E-state index is 12.0. The fourth-order valence-electron chi connectivity index (χ4n) is 1.70. The molecule has 0 radical (unpaired) electrons. The molecule has 0 heterocycles. The summed E-state index contributed by atoms with van der Waals surface area (Å²) in [5.74, 6) is 0.0606. The van der Waals surface area contributed by atoms with Gasteiger partial charge in [0.2, 0.25) is 0 Å². The van der Waals surface area contributed by atoms with Crippen molar-refractivity contribution in [2.45, 2.75) is 39.0 Å². The number of ether oxygens (including phenoxy) is 1. The van der Waals surface area contributed by atoms with Crippen molar-refractivity contribution in [1.29, 1.82) is 0 Å². The molecule has 0 spiro atoms. The van der Waals surface area contributed by atoms with Crippen molar-refractivity contribution >= 4 is 0 Å². The minimum Gasteiger partial charge on any atom is -0.406 e. The van der Waals surface area contributed by atoms with Crippen molar-refractivity contribution in [3.63, 3.8) is 0 Å². The highest BCUT2D eigenvalue weighted by atomic mass is 19.4. The Bertz CT molecular complexity index is 379. The minimum absolute atomic E-state index is 0.180. The lowest BCUT2D eigenvalue weighted by Crippen LogP contribution is -2.17. The van der Waals surface area contributed by atoms with Gasteiger partial charge in [-0.1, -0.05) is 38.1 Å². The Morgan fingerprint density at radius 2 is 1.78 bits per heavy atom. The van der Waals surface area contributed by atoms with Crippen molar-refractivity contribution in [1.82, 2.24) is 0 Å². The molecule has 0 fully saturated rings. The van der Waals surface area contributed by atoms with Crippen LogP contribution in [0.5, 0.6) is 5.75 Å². The molecule has 0 aliphatic rings. The molecule has 1 aromatic carbocycles.